The maximum absolute atomic E-state index is 11.9. The van der Waals surface area contributed by atoms with Crippen LogP contribution in [-0.2, 0) is 26.9 Å². The van der Waals surface area contributed by atoms with Gasteiger partial charge in [0, 0.05) is 29.9 Å². The largest absolute Gasteiger partial charge is 0.480 e. The monoisotopic (exact) mass is 313 g/mol. The molecule has 116 valence electrons. The molecule has 2 atom stereocenters. The molecule has 0 aliphatic carbocycles. The quantitative estimate of drug-likeness (QED) is 0.824. The van der Waals surface area contributed by atoms with E-state index in [1.54, 1.807) is 0 Å². The Balaban J connectivity index is 2.57. The molecule has 1 aromatic rings. The Morgan fingerprint density at radius 3 is 2.48 bits per heavy atom. The molecule has 0 aliphatic heterocycles. The highest BCUT2D eigenvalue weighted by Crippen LogP contribution is 2.08. The highest BCUT2D eigenvalue weighted by molar-refractivity contribution is 7.84. The summed E-state index contributed by atoms with van der Waals surface area (Å²) in [5.74, 6) is -0.924. The van der Waals surface area contributed by atoms with Crippen molar-refractivity contribution in [2.24, 2.45) is 0 Å². The third-order valence-electron chi connectivity index (χ3n) is 2.92. The van der Waals surface area contributed by atoms with Crippen molar-refractivity contribution in [3.8, 4) is 0 Å². The van der Waals surface area contributed by atoms with E-state index in [1.807, 2.05) is 30.3 Å². The van der Waals surface area contributed by atoms with E-state index in [2.05, 4.69) is 0 Å². The van der Waals surface area contributed by atoms with Gasteiger partial charge in [-0.2, -0.15) is 0 Å². The first-order valence-electron chi connectivity index (χ1n) is 6.38. The predicted octanol–water partition coefficient (Wildman–Crippen LogP) is 1.48. The van der Waals surface area contributed by atoms with Gasteiger partial charge in [-0.05, 0) is 12.0 Å². The number of carboxylic acid groups (broad SMARTS) is 1. The van der Waals surface area contributed by atoms with Gasteiger partial charge in [-0.1, -0.05) is 30.3 Å². The van der Waals surface area contributed by atoms with Crippen LogP contribution in [0.1, 0.15) is 12.0 Å². The molecule has 0 heterocycles. The van der Waals surface area contributed by atoms with Gasteiger partial charge in [-0.25, -0.2) is 9.59 Å². The van der Waals surface area contributed by atoms with Gasteiger partial charge in [0.1, 0.15) is 12.6 Å². The molecular formula is C14H19NO5S. The molecule has 6 nitrogen and oxygen atoms in total. The Kier molecular flexibility index (Phi) is 6.87. The van der Waals surface area contributed by atoms with E-state index in [0.717, 1.165) is 10.5 Å². The second-order valence-corrected chi connectivity index (χ2v) is 6.13. The number of nitrogens with zero attached hydrogens (tertiary/aromatic N) is 1. The van der Waals surface area contributed by atoms with Crippen LogP contribution in [0.2, 0.25) is 0 Å². The maximum Gasteiger partial charge on any atom is 0.410 e. The highest BCUT2D eigenvalue weighted by atomic mass is 32.2. The highest BCUT2D eigenvalue weighted by Gasteiger charge is 2.27. The fourth-order valence-corrected chi connectivity index (χ4v) is 2.26. The lowest BCUT2D eigenvalue weighted by molar-refractivity contribution is -0.142. The van der Waals surface area contributed by atoms with Crippen molar-refractivity contribution in [2.45, 2.75) is 19.1 Å². The van der Waals surface area contributed by atoms with Crippen LogP contribution in [0.3, 0.4) is 0 Å². The predicted molar refractivity (Wildman–Crippen MR) is 79.4 cm³/mol. The van der Waals surface area contributed by atoms with Crippen LogP contribution in [0.25, 0.3) is 0 Å². The lowest BCUT2D eigenvalue weighted by atomic mass is 10.2. The second-order valence-electron chi connectivity index (χ2n) is 4.57. The molecule has 0 aliphatic rings. The number of aliphatic carboxylic acids is 1. The summed E-state index contributed by atoms with van der Waals surface area (Å²) >= 11 is 0. The average Bonchev–Trinajstić information content (AvgIpc) is 2.45. The van der Waals surface area contributed by atoms with E-state index in [9.17, 15) is 13.8 Å². The Morgan fingerprint density at radius 1 is 1.33 bits per heavy atom. The molecule has 0 radical (unpaired) electrons. The minimum absolute atomic E-state index is 0.0794. The number of likely N-dealkylation sites (N-methyl/N-ethyl adjacent to an activating group) is 1. The molecule has 0 aromatic heterocycles. The van der Waals surface area contributed by atoms with Crippen molar-refractivity contribution in [1.82, 2.24) is 4.90 Å². The smallest absolute Gasteiger partial charge is 0.410 e. The second kappa shape index (κ2) is 8.41. The van der Waals surface area contributed by atoms with E-state index in [0.29, 0.717) is 0 Å². The molecule has 1 rings (SSSR count). The molecule has 1 amide bonds. The van der Waals surface area contributed by atoms with Gasteiger partial charge in [-0.3, -0.25) is 9.11 Å². The summed E-state index contributed by atoms with van der Waals surface area (Å²) in [6, 6.07) is 8.07. The van der Waals surface area contributed by atoms with Crippen LogP contribution < -0.4 is 0 Å². The van der Waals surface area contributed by atoms with E-state index in [4.69, 9.17) is 9.84 Å². The summed E-state index contributed by atoms with van der Waals surface area (Å²) in [7, 11) is 0.258. The van der Waals surface area contributed by atoms with E-state index in [-0.39, 0.29) is 18.8 Å². The zero-order chi connectivity index (χ0) is 15.8. The first-order valence-corrected chi connectivity index (χ1v) is 8.11. The summed E-state index contributed by atoms with van der Waals surface area (Å²) < 4.78 is 16.1. The number of rotatable bonds is 7. The molecule has 0 saturated carbocycles. The van der Waals surface area contributed by atoms with Crippen LogP contribution in [0.15, 0.2) is 30.3 Å². The summed E-state index contributed by atoms with van der Waals surface area (Å²) in [4.78, 5) is 24.1. The van der Waals surface area contributed by atoms with Crippen molar-refractivity contribution in [2.75, 3.05) is 19.1 Å². The number of hydrogen-bond acceptors (Lipinski definition) is 4. The normalized spacial score (nSPS) is 13.2. The standard InChI is InChI=1S/C14H19NO5S/c1-15(12(13(16)17)8-9-21(2)19)14(18)20-10-11-6-4-3-5-7-11/h3-7,12H,8-10H2,1-2H3,(H,16,17)/t12-,21-/m0/s1. The number of ether oxygens (including phenoxy) is 1. The van der Waals surface area contributed by atoms with Crippen LogP contribution in [0, 0.1) is 0 Å². The molecule has 0 bridgehead atoms. The van der Waals surface area contributed by atoms with Crippen molar-refractivity contribution in [1.29, 1.82) is 0 Å². The van der Waals surface area contributed by atoms with Gasteiger partial charge in [0.05, 0.1) is 0 Å². The molecule has 0 unspecified atom stereocenters. The third-order valence-corrected chi connectivity index (χ3v) is 3.74. The number of carboxylic acids is 1. The number of carbonyl (C=O) groups is 2. The fraction of sp³-hybridized carbons (Fsp3) is 0.429. The fourth-order valence-electron chi connectivity index (χ4n) is 1.71. The van der Waals surface area contributed by atoms with Crippen LogP contribution in [0.4, 0.5) is 4.79 Å². The summed E-state index contributed by atoms with van der Waals surface area (Å²) in [6.45, 7) is 0.0794. The maximum atomic E-state index is 11.9. The van der Waals surface area contributed by atoms with Gasteiger partial charge in [0.25, 0.3) is 0 Å². The molecule has 7 heteroatoms. The molecule has 1 aromatic carbocycles. The van der Waals surface area contributed by atoms with Gasteiger partial charge in [-0.15, -0.1) is 0 Å². The lowest BCUT2D eigenvalue weighted by Crippen LogP contribution is -2.43. The number of carbonyl (C=O) groups excluding carboxylic acids is 1. The van der Waals surface area contributed by atoms with Crippen molar-refractivity contribution in [3.05, 3.63) is 35.9 Å². The van der Waals surface area contributed by atoms with E-state index >= 15 is 0 Å². The van der Waals surface area contributed by atoms with Crippen molar-refractivity contribution in [3.63, 3.8) is 0 Å². The summed E-state index contributed by atoms with van der Waals surface area (Å²) in [5, 5.41) is 9.14. The zero-order valence-electron chi connectivity index (χ0n) is 12.0. The van der Waals surface area contributed by atoms with E-state index in [1.165, 1.54) is 13.3 Å². The van der Waals surface area contributed by atoms with Gasteiger partial charge in [0.2, 0.25) is 0 Å². The van der Waals surface area contributed by atoms with E-state index < -0.39 is 28.9 Å². The van der Waals surface area contributed by atoms with Crippen molar-refractivity contribution < 1.29 is 23.6 Å². The summed E-state index contributed by atoms with van der Waals surface area (Å²) in [6.07, 6.45) is 0.898. The summed E-state index contributed by atoms with van der Waals surface area (Å²) in [5.41, 5.74) is 0.820. The Bertz CT molecular complexity index is 505. The molecular weight excluding hydrogens is 294 g/mol. The van der Waals surface area contributed by atoms with Crippen molar-refractivity contribution >= 4 is 22.9 Å². The van der Waals surface area contributed by atoms with Gasteiger partial charge in [0.15, 0.2) is 0 Å². The lowest BCUT2D eigenvalue weighted by Gasteiger charge is -2.23. The topological polar surface area (TPSA) is 83.9 Å². The molecule has 0 spiro atoms. The first kappa shape index (κ1) is 17.2. The van der Waals surface area contributed by atoms with Gasteiger partial charge >= 0.3 is 12.1 Å². The van der Waals surface area contributed by atoms with Crippen LogP contribution in [0.5, 0.6) is 0 Å². The number of hydrogen-bond donors (Lipinski definition) is 1. The van der Waals surface area contributed by atoms with Crippen LogP contribution in [-0.4, -0.2) is 51.4 Å². The van der Waals surface area contributed by atoms with Crippen LogP contribution >= 0.6 is 0 Å². The molecule has 21 heavy (non-hydrogen) atoms. The molecule has 1 N–H and O–H groups in total. The first-order chi connectivity index (χ1) is 9.91. The minimum atomic E-state index is -1.14. The third kappa shape index (κ3) is 5.95. The minimum Gasteiger partial charge on any atom is -0.480 e. The SMILES string of the molecule is CN(C(=O)OCc1ccccc1)[C@@H](CC[S@](C)=O)C(=O)O. The Labute approximate surface area is 126 Å². The Morgan fingerprint density at radius 2 is 1.95 bits per heavy atom. The number of benzene rings is 1. The molecule has 0 fully saturated rings. The molecule has 0 saturated heterocycles. The Hall–Kier alpha value is -1.89. The number of amides is 1. The average molecular weight is 313 g/mol. The van der Waals surface area contributed by atoms with Gasteiger partial charge < -0.3 is 9.84 Å². The zero-order valence-corrected chi connectivity index (χ0v) is 12.8.